The molecular formula is C27H27O4PS3. The van der Waals surface area contributed by atoms with Crippen LogP contribution in [0, 0.1) is 3.82 Å². The van der Waals surface area contributed by atoms with Crippen molar-refractivity contribution in [1.82, 2.24) is 0 Å². The average molecular weight is 543 g/mol. The molecule has 0 N–H and O–H groups in total. The van der Waals surface area contributed by atoms with Crippen LogP contribution in [0.2, 0.25) is 0 Å². The third-order valence-corrected chi connectivity index (χ3v) is 9.36. The normalized spacial score (nSPS) is 13.0. The van der Waals surface area contributed by atoms with Gasteiger partial charge < -0.3 is 13.6 Å². The number of rotatable bonds is 9. The number of hydrogen-bond acceptors (Lipinski definition) is 7. The van der Waals surface area contributed by atoms with E-state index in [-0.39, 0.29) is 5.92 Å². The third kappa shape index (κ3) is 6.42. The molecule has 4 nitrogen and oxygen atoms in total. The first-order valence-corrected chi connectivity index (χ1v) is 15.4. The number of benzene rings is 3. The molecule has 0 aliphatic heterocycles. The second kappa shape index (κ2) is 11.1. The highest BCUT2D eigenvalue weighted by atomic mass is 32.9. The van der Waals surface area contributed by atoms with Crippen molar-refractivity contribution in [3.05, 3.63) is 93.1 Å². The SMILES string of the molecule is CC(C)c1ccc(OP(=O)(Oc2ccc(-c3cssc3=S)cc2)Oc2ccccc2C(C)C)cc1. The van der Waals surface area contributed by atoms with Gasteiger partial charge in [0.15, 0.2) is 0 Å². The maximum atomic E-state index is 14.0. The molecule has 8 heteroatoms. The Bertz CT molecular complexity index is 1370. The standard InChI is InChI=1S/C27H27O4PS3/c1-18(2)20-9-13-22(14-10-20)29-32(28,31-26-8-6-5-7-24(26)19(3)4)30-23-15-11-21(12-16-23)25-17-34-35-27(25)33/h5-19H,1-4H3. The molecule has 0 aliphatic carbocycles. The zero-order valence-electron chi connectivity index (χ0n) is 20.0. The highest BCUT2D eigenvalue weighted by Gasteiger charge is 2.34. The summed E-state index contributed by atoms with van der Waals surface area (Å²) in [5.74, 6) is 1.80. The first-order chi connectivity index (χ1) is 16.7. The third-order valence-electron chi connectivity index (χ3n) is 5.41. The van der Waals surface area contributed by atoms with E-state index in [1.807, 2.05) is 47.8 Å². The first kappa shape index (κ1) is 25.6. The van der Waals surface area contributed by atoms with Crippen molar-refractivity contribution < 1.29 is 18.1 Å². The van der Waals surface area contributed by atoms with Gasteiger partial charge in [0.05, 0.1) is 0 Å². The van der Waals surface area contributed by atoms with Crippen molar-refractivity contribution in [1.29, 1.82) is 0 Å². The van der Waals surface area contributed by atoms with E-state index in [0.717, 1.165) is 26.1 Å². The summed E-state index contributed by atoms with van der Waals surface area (Å²) in [6.45, 7) is 8.34. The van der Waals surface area contributed by atoms with Gasteiger partial charge in [0, 0.05) is 10.9 Å². The van der Waals surface area contributed by atoms with E-state index in [1.165, 1.54) is 0 Å². The lowest BCUT2D eigenvalue weighted by Crippen LogP contribution is -2.09. The Labute approximate surface area is 219 Å². The fourth-order valence-electron chi connectivity index (χ4n) is 3.48. The van der Waals surface area contributed by atoms with Crippen LogP contribution in [0.25, 0.3) is 11.1 Å². The van der Waals surface area contributed by atoms with Crippen molar-refractivity contribution in [3.8, 4) is 28.4 Å². The lowest BCUT2D eigenvalue weighted by molar-refractivity contribution is 0.297. The zero-order valence-corrected chi connectivity index (χ0v) is 23.3. The molecule has 35 heavy (non-hydrogen) atoms. The monoisotopic (exact) mass is 542 g/mol. The summed E-state index contributed by atoms with van der Waals surface area (Å²) < 4.78 is 32.7. The van der Waals surface area contributed by atoms with Crippen molar-refractivity contribution in [2.75, 3.05) is 0 Å². The lowest BCUT2D eigenvalue weighted by atomic mass is 10.0. The van der Waals surface area contributed by atoms with Crippen molar-refractivity contribution in [2.45, 2.75) is 39.5 Å². The molecule has 0 amide bonds. The summed E-state index contributed by atoms with van der Waals surface area (Å²) >= 11 is 5.41. The molecule has 0 aliphatic rings. The van der Waals surface area contributed by atoms with E-state index >= 15 is 0 Å². The predicted octanol–water partition coefficient (Wildman–Crippen LogP) is 10.1. The Morgan fingerprint density at radius 2 is 1.37 bits per heavy atom. The Kier molecular flexibility index (Phi) is 8.12. The molecule has 0 radical (unpaired) electrons. The Morgan fingerprint density at radius 3 is 1.91 bits per heavy atom. The van der Waals surface area contributed by atoms with Crippen LogP contribution in [-0.2, 0) is 4.57 Å². The minimum atomic E-state index is -4.09. The van der Waals surface area contributed by atoms with Crippen LogP contribution in [0.3, 0.4) is 0 Å². The summed E-state index contributed by atoms with van der Waals surface area (Å²) in [6, 6.07) is 22.3. The van der Waals surface area contributed by atoms with E-state index in [9.17, 15) is 4.57 Å². The predicted molar refractivity (Wildman–Crippen MR) is 149 cm³/mol. The van der Waals surface area contributed by atoms with E-state index < -0.39 is 7.82 Å². The average Bonchev–Trinajstić information content (AvgIpc) is 3.25. The van der Waals surface area contributed by atoms with Gasteiger partial charge >= 0.3 is 7.82 Å². The number of hydrogen-bond donors (Lipinski definition) is 0. The van der Waals surface area contributed by atoms with Gasteiger partial charge in [-0.2, -0.15) is 4.57 Å². The molecule has 1 atom stereocenters. The maximum absolute atomic E-state index is 14.0. The summed E-state index contributed by atoms with van der Waals surface area (Å²) in [7, 11) is -0.923. The van der Waals surface area contributed by atoms with Gasteiger partial charge in [0.25, 0.3) is 0 Å². The second-order valence-corrected chi connectivity index (χ2v) is 12.8. The Hall–Kier alpha value is -2.44. The summed E-state index contributed by atoms with van der Waals surface area (Å²) in [5, 5.41) is 2.03. The maximum Gasteiger partial charge on any atom is 0.647 e. The molecule has 1 aromatic heterocycles. The number of phosphoric ester groups is 1. The molecule has 0 bridgehead atoms. The van der Waals surface area contributed by atoms with E-state index in [1.54, 1.807) is 51.0 Å². The molecule has 3 aromatic carbocycles. The van der Waals surface area contributed by atoms with Crippen molar-refractivity contribution in [2.24, 2.45) is 0 Å². The molecule has 0 spiro atoms. The van der Waals surface area contributed by atoms with Gasteiger partial charge in [0.1, 0.15) is 21.1 Å². The van der Waals surface area contributed by atoms with Crippen LogP contribution in [0.15, 0.2) is 78.2 Å². The topological polar surface area (TPSA) is 44.8 Å². The molecule has 0 saturated carbocycles. The number of para-hydroxylation sites is 1. The van der Waals surface area contributed by atoms with Crippen LogP contribution in [-0.4, -0.2) is 0 Å². The van der Waals surface area contributed by atoms with Gasteiger partial charge in [-0.3, -0.25) is 0 Å². The zero-order chi connectivity index (χ0) is 25.0. The molecule has 1 unspecified atom stereocenters. The fraction of sp³-hybridized carbons (Fsp3) is 0.222. The minimum absolute atomic E-state index is 0.170. The highest BCUT2D eigenvalue weighted by Crippen LogP contribution is 2.51. The van der Waals surface area contributed by atoms with Crippen LogP contribution >= 0.6 is 40.7 Å². The molecule has 1 heterocycles. The van der Waals surface area contributed by atoms with Crippen LogP contribution in [0.4, 0.5) is 0 Å². The molecule has 4 aromatic rings. The van der Waals surface area contributed by atoms with Crippen LogP contribution < -0.4 is 13.6 Å². The van der Waals surface area contributed by atoms with Gasteiger partial charge in [0.2, 0.25) is 0 Å². The van der Waals surface area contributed by atoms with E-state index in [0.29, 0.717) is 23.2 Å². The van der Waals surface area contributed by atoms with Gasteiger partial charge in [-0.05, 0) is 58.9 Å². The highest BCUT2D eigenvalue weighted by molar-refractivity contribution is 7.79. The minimum Gasteiger partial charge on any atom is -0.386 e. The Morgan fingerprint density at radius 1 is 0.771 bits per heavy atom. The second-order valence-electron chi connectivity index (χ2n) is 8.66. The summed E-state index contributed by atoms with van der Waals surface area (Å²) in [6.07, 6.45) is 0. The quantitative estimate of drug-likeness (QED) is 0.120. The summed E-state index contributed by atoms with van der Waals surface area (Å²) in [5.41, 5.74) is 4.06. The molecular weight excluding hydrogens is 515 g/mol. The van der Waals surface area contributed by atoms with Crippen molar-refractivity contribution in [3.63, 3.8) is 0 Å². The van der Waals surface area contributed by atoms with Crippen LogP contribution in [0.5, 0.6) is 17.2 Å². The number of phosphoric acid groups is 1. The van der Waals surface area contributed by atoms with E-state index in [4.69, 9.17) is 25.8 Å². The lowest BCUT2D eigenvalue weighted by Gasteiger charge is -2.22. The van der Waals surface area contributed by atoms with Gasteiger partial charge in [-0.25, -0.2) is 0 Å². The van der Waals surface area contributed by atoms with Crippen molar-refractivity contribution >= 4 is 40.7 Å². The van der Waals surface area contributed by atoms with Crippen LogP contribution in [0.1, 0.15) is 50.7 Å². The smallest absolute Gasteiger partial charge is 0.386 e. The first-order valence-electron chi connectivity index (χ1n) is 11.3. The Balaban J connectivity index is 1.65. The van der Waals surface area contributed by atoms with E-state index in [2.05, 4.69) is 27.7 Å². The summed E-state index contributed by atoms with van der Waals surface area (Å²) in [4.78, 5) is 0. The molecule has 0 fully saturated rings. The molecule has 182 valence electrons. The molecule has 4 rings (SSSR count). The largest absolute Gasteiger partial charge is 0.647 e. The van der Waals surface area contributed by atoms with Gasteiger partial charge in [-0.15, -0.1) is 0 Å². The fourth-order valence-corrected chi connectivity index (χ4v) is 7.15. The molecule has 0 saturated heterocycles. The van der Waals surface area contributed by atoms with Gasteiger partial charge in [-0.1, -0.05) is 103 Å².